The molecule has 2 aromatic rings. The number of aliphatic hydroxyl groups is 1. The van der Waals surface area contributed by atoms with Crippen LogP contribution in [0.25, 0.3) is 5.69 Å². The molecule has 0 saturated carbocycles. The van der Waals surface area contributed by atoms with Crippen molar-refractivity contribution in [3.63, 3.8) is 0 Å². The minimum atomic E-state index is -0.528. The molecule has 6 nitrogen and oxygen atoms in total. The molecule has 1 aromatic carbocycles. The number of likely N-dealkylation sites (N-methyl/N-ethyl adjacent to an activating group) is 1. The number of carbonyl (C=O) groups is 1. The van der Waals surface area contributed by atoms with E-state index in [1.165, 1.54) is 4.90 Å². The molecule has 0 spiro atoms. The largest absolute Gasteiger partial charge is 0.392 e. The number of aliphatic hydroxyl groups excluding tert-OH is 1. The van der Waals surface area contributed by atoms with Gasteiger partial charge in [0, 0.05) is 26.3 Å². The van der Waals surface area contributed by atoms with Crippen molar-refractivity contribution < 1.29 is 9.90 Å². The van der Waals surface area contributed by atoms with E-state index in [4.69, 9.17) is 0 Å². The standard InChI is InChI=1S/C16H22N4O2/c1-13(21)11-19(2)16(22)17-9-8-14-10-18-20(12-14)15-6-4-3-5-7-15/h3-7,10,12-13,21H,8-9,11H2,1-2H3,(H,17,22). The highest BCUT2D eigenvalue weighted by Crippen LogP contribution is 2.07. The Bertz CT molecular complexity index is 595. The van der Waals surface area contributed by atoms with Crippen LogP contribution in [0.1, 0.15) is 12.5 Å². The lowest BCUT2D eigenvalue weighted by atomic mass is 10.2. The number of urea groups is 1. The van der Waals surface area contributed by atoms with Gasteiger partial charge in [-0.15, -0.1) is 0 Å². The Hall–Kier alpha value is -2.34. The molecule has 6 heteroatoms. The van der Waals surface area contributed by atoms with Crippen molar-refractivity contribution in [3.8, 4) is 5.69 Å². The Balaban J connectivity index is 1.81. The van der Waals surface area contributed by atoms with Crippen molar-refractivity contribution in [2.24, 2.45) is 0 Å². The van der Waals surface area contributed by atoms with Gasteiger partial charge in [-0.1, -0.05) is 18.2 Å². The van der Waals surface area contributed by atoms with Crippen LogP contribution in [-0.4, -0.2) is 52.1 Å². The maximum absolute atomic E-state index is 11.8. The highest BCUT2D eigenvalue weighted by atomic mass is 16.3. The van der Waals surface area contributed by atoms with Crippen LogP contribution >= 0.6 is 0 Å². The quantitative estimate of drug-likeness (QED) is 0.848. The molecule has 0 aliphatic carbocycles. The molecule has 1 aromatic heterocycles. The van der Waals surface area contributed by atoms with Crippen LogP contribution < -0.4 is 5.32 Å². The van der Waals surface area contributed by atoms with Crippen molar-refractivity contribution in [1.29, 1.82) is 0 Å². The van der Waals surface area contributed by atoms with Crippen LogP contribution in [0.3, 0.4) is 0 Å². The molecule has 2 rings (SSSR count). The Kier molecular flexibility index (Phi) is 5.55. The van der Waals surface area contributed by atoms with E-state index < -0.39 is 6.10 Å². The average Bonchev–Trinajstić information content (AvgIpc) is 2.96. The topological polar surface area (TPSA) is 70.4 Å². The summed E-state index contributed by atoms with van der Waals surface area (Å²) in [6.07, 6.45) is 3.95. The predicted octanol–water partition coefficient (Wildman–Crippen LogP) is 1.44. The first kappa shape index (κ1) is 16.0. The third kappa shape index (κ3) is 4.60. The molecule has 2 N–H and O–H groups in total. The Morgan fingerprint density at radius 1 is 1.41 bits per heavy atom. The van der Waals surface area contributed by atoms with Gasteiger partial charge in [-0.3, -0.25) is 0 Å². The molecular weight excluding hydrogens is 280 g/mol. The average molecular weight is 302 g/mol. The molecule has 1 unspecified atom stereocenters. The van der Waals surface area contributed by atoms with Crippen molar-refractivity contribution in [1.82, 2.24) is 20.0 Å². The van der Waals surface area contributed by atoms with Crippen LogP contribution in [0.4, 0.5) is 4.79 Å². The summed E-state index contributed by atoms with van der Waals surface area (Å²) in [6.45, 7) is 2.50. The smallest absolute Gasteiger partial charge is 0.317 e. The Morgan fingerprint density at radius 2 is 2.14 bits per heavy atom. The summed E-state index contributed by atoms with van der Waals surface area (Å²) >= 11 is 0. The number of amides is 2. The van der Waals surface area contributed by atoms with Crippen LogP contribution in [0, 0.1) is 0 Å². The molecule has 0 fully saturated rings. The van der Waals surface area contributed by atoms with E-state index in [9.17, 15) is 9.90 Å². The predicted molar refractivity (Wildman–Crippen MR) is 85.0 cm³/mol. The summed E-state index contributed by atoms with van der Waals surface area (Å²) in [5.74, 6) is 0. The zero-order valence-corrected chi connectivity index (χ0v) is 12.9. The van der Waals surface area contributed by atoms with Crippen molar-refractivity contribution >= 4 is 6.03 Å². The van der Waals surface area contributed by atoms with E-state index in [0.717, 1.165) is 11.3 Å². The summed E-state index contributed by atoms with van der Waals surface area (Å²) in [5.41, 5.74) is 2.07. The molecule has 0 aliphatic rings. The van der Waals surface area contributed by atoms with Crippen LogP contribution in [-0.2, 0) is 6.42 Å². The van der Waals surface area contributed by atoms with E-state index in [1.807, 2.05) is 41.2 Å². The number of nitrogens with zero attached hydrogens (tertiary/aromatic N) is 3. The highest BCUT2D eigenvalue weighted by Gasteiger charge is 2.10. The number of benzene rings is 1. The van der Waals surface area contributed by atoms with Crippen molar-refractivity contribution in [3.05, 3.63) is 48.3 Å². The van der Waals surface area contributed by atoms with Gasteiger partial charge >= 0.3 is 6.03 Å². The number of nitrogens with one attached hydrogen (secondary N) is 1. The molecule has 0 bridgehead atoms. The first-order chi connectivity index (χ1) is 10.6. The van der Waals surface area contributed by atoms with Crippen LogP contribution in [0.5, 0.6) is 0 Å². The fourth-order valence-electron chi connectivity index (χ4n) is 2.14. The first-order valence-corrected chi connectivity index (χ1v) is 7.32. The molecule has 0 aliphatic heterocycles. The van der Waals surface area contributed by atoms with Crippen molar-refractivity contribution in [2.45, 2.75) is 19.4 Å². The van der Waals surface area contributed by atoms with Gasteiger partial charge in [-0.25, -0.2) is 9.48 Å². The third-order valence-corrected chi connectivity index (χ3v) is 3.23. The fourth-order valence-corrected chi connectivity index (χ4v) is 2.14. The van der Waals surface area contributed by atoms with E-state index in [0.29, 0.717) is 19.5 Å². The number of rotatable bonds is 6. The van der Waals surface area contributed by atoms with Crippen molar-refractivity contribution in [2.75, 3.05) is 20.1 Å². The Morgan fingerprint density at radius 3 is 2.82 bits per heavy atom. The maximum Gasteiger partial charge on any atom is 0.317 e. The fraction of sp³-hybridized carbons (Fsp3) is 0.375. The lowest BCUT2D eigenvalue weighted by Crippen LogP contribution is -2.41. The minimum absolute atomic E-state index is 0.184. The summed E-state index contributed by atoms with van der Waals surface area (Å²) in [4.78, 5) is 13.2. The van der Waals surface area contributed by atoms with Gasteiger partial charge < -0.3 is 15.3 Å². The molecule has 118 valence electrons. The van der Waals surface area contributed by atoms with Gasteiger partial charge in [0.15, 0.2) is 0 Å². The molecule has 0 saturated heterocycles. The molecule has 0 radical (unpaired) electrons. The number of carbonyl (C=O) groups excluding carboxylic acids is 1. The number of hydrogen-bond donors (Lipinski definition) is 2. The minimum Gasteiger partial charge on any atom is -0.392 e. The summed E-state index contributed by atoms with van der Waals surface area (Å²) in [5, 5.41) is 16.4. The van der Waals surface area contributed by atoms with Crippen LogP contribution in [0.15, 0.2) is 42.7 Å². The molecule has 1 atom stereocenters. The molecular formula is C16H22N4O2. The Labute approximate surface area is 130 Å². The van der Waals surface area contributed by atoms with E-state index in [-0.39, 0.29) is 6.03 Å². The van der Waals surface area contributed by atoms with Gasteiger partial charge in [0.2, 0.25) is 0 Å². The monoisotopic (exact) mass is 302 g/mol. The van der Waals surface area contributed by atoms with Gasteiger partial charge in [0.1, 0.15) is 0 Å². The zero-order valence-electron chi connectivity index (χ0n) is 12.9. The number of para-hydroxylation sites is 1. The zero-order chi connectivity index (χ0) is 15.9. The molecule has 22 heavy (non-hydrogen) atoms. The van der Waals surface area contributed by atoms with E-state index in [2.05, 4.69) is 10.4 Å². The lowest BCUT2D eigenvalue weighted by molar-refractivity contribution is 0.144. The van der Waals surface area contributed by atoms with Gasteiger partial charge in [0.05, 0.1) is 18.0 Å². The van der Waals surface area contributed by atoms with Gasteiger partial charge in [-0.05, 0) is 31.0 Å². The first-order valence-electron chi connectivity index (χ1n) is 7.32. The normalized spacial score (nSPS) is 12.0. The van der Waals surface area contributed by atoms with Gasteiger partial charge in [0.25, 0.3) is 0 Å². The SMILES string of the molecule is CC(O)CN(C)C(=O)NCCc1cnn(-c2ccccc2)c1. The molecule has 1 heterocycles. The second-order valence-corrected chi connectivity index (χ2v) is 5.34. The van der Waals surface area contributed by atoms with E-state index in [1.54, 1.807) is 20.2 Å². The van der Waals surface area contributed by atoms with E-state index >= 15 is 0 Å². The summed E-state index contributed by atoms with van der Waals surface area (Å²) in [6, 6.07) is 9.70. The van der Waals surface area contributed by atoms with Crippen LogP contribution in [0.2, 0.25) is 0 Å². The third-order valence-electron chi connectivity index (χ3n) is 3.23. The number of hydrogen-bond acceptors (Lipinski definition) is 3. The lowest BCUT2D eigenvalue weighted by Gasteiger charge is -2.19. The summed E-state index contributed by atoms with van der Waals surface area (Å²) in [7, 11) is 1.66. The second-order valence-electron chi connectivity index (χ2n) is 5.34. The second kappa shape index (κ2) is 7.61. The molecule has 2 amide bonds. The van der Waals surface area contributed by atoms with Gasteiger partial charge in [-0.2, -0.15) is 5.10 Å². The number of aromatic nitrogens is 2. The maximum atomic E-state index is 11.8. The highest BCUT2D eigenvalue weighted by molar-refractivity contribution is 5.73. The summed E-state index contributed by atoms with van der Waals surface area (Å²) < 4.78 is 1.82.